The molecule has 2 aromatic rings. The zero-order valence-corrected chi connectivity index (χ0v) is 11.1. The van der Waals surface area contributed by atoms with Gasteiger partial charge < -0.3 is 4.90 Å². The van der Waals surface area contributed by atoms with Gasteiger partial charge in [-0.15, -0.1) is 0 Å². The first-order valence-electron chi connectivity index (χ1n) is 6.10. The second kappa shape index (κ2) is 4.84. The molecule has 0 fully saturated rings. The van der Waals surface area contributed by atoms with E-state index in [-0.39, 0.29) is 0 Å². The van der Waals surface area contributed by atoms with E-state index in [0.717, 1.165) is 17.8 Å². The molecule has 0 aliphatic carbocycles. The van der Waals surface area contributed by atoms with Crippen molar-refractivity contribution in [3.05, 3.63) is 41.6 Å². The third-order valence-electron chi connectivity index (χ3n) is 2.87. The highest BCUT2D eigenvalue weighted by atomic mass is 15.0. The monoisotopic (exact) mass is 228 g/mol. The highest BCUT2D eigenvalue weighted by Gasteiger charge is 2.03. The van der Waals surface area contributed by atoms with Crippen LogP contribution in [0.4, 0.5) is 0 Å². The van der Waals surface area contributed by atoms with Crippen LogP contribution in [0.15, 0.2) is 30.3 Å². The molecule has 0 saturated carbocycles. The van der Waals surface area contributed by atoms with E-state index in [1.807, 2.05) is 0 Å². The second-order valence-electron chi connectivity index (χ2n) is 5.16. The van der Waals surface area contributed by atoms with Gasteiger partial charge in [-0.3, -0.25) is 4.98 Å². The topological polar surface area (TPSA) is 16.1 Å². The van der Waals surface area contributed by atoms with Crippen LogP contribution >= 0.6 is 0 Å². The molecule has 0 aliphatic rings. The maximum absolute atomic E-state index is 4.68. The van der Waals surface area contributed by atoms with Crippen LogP contribution in [-0.2, 0) is 6.54 Å². The lowest BCUT2D eigenvalue weighted by Crippen LogP contribution is -2.10. The molecule has 0 atom stereocenters. The van der Waals surface area contributed by atoms with E-state index in [1.165, 1.54) is 10.9 Å². The number of benzene rings is 1. The zero-order chi connectivity index (χ0) is 12.4. The molecule has 1 aromatic carbocycles. The first-order chi connectivity index (χ1) is 8.06. The summed E-state index contributed by atoms with van der Waals surface area (Å²) in [6.07, 6.45) is 0. The van der Waals surface area contributed by atoms with Gasteiger partial charge in [-0.2, -0.15) is 0 Å². The molecule has 2 heteroatoms. The Balaban J connectivity index is 2.39. The van der Waals surface area contributed by atoms with Crippen molar-refractivity contribution in [1.29, 1.82) is 0 Å². The normalized spacial score (nSPS) is 11.6. The standard InChI is InChI=1S/C15H20N2/c1-11(2)14-8-6-13-9-12(10-17(3)4)5-7-15(13)16-14/h5-9,11H,10H2,1-4H3. The predicted molar refractivity (Wildman–Crippen MR) is 73.2 cm³/mol. The van der Waals surface area contributed by atoms with E-state index >= 15 is 0 Å². The SMILES string of the molecule is CC(C)c1ccc2cc(CN(C)C)ccc2n1. The van der Waals surface area contributed by atoms with Crippen LogP contribution in [0.5, 0.6) is 0 Å². The van der Waals surface area contributed by atoms with E-state index in [2.05, 4.69) is 68.2 Å². The van der Waals surface area contributed by atoms with Gasteiger partial charge in [0, 0.05) is 17.6 Å². The number of hydrogen-bond donors (Lipinski definition) is 0. The maximum atomic E-state index is 4.68. The van der Waals surface area contributed by atoms with Crippen molar-refractivity contribution in [3.63, 3.8) is 0 Å². The van der Waals surface area contributed by atoms with Crippen molar-refractivity contribution in [3.8, 4) is 0 Å². The van der Waals surface area contributed by atoms with Crippen LogP contribution in [0.1, 0.15) is 31.0 Å². The van der Waals surface area contributed by atoms with Crippen molar-refractivity contribution < 1.29 is 0 Å². The van der Waals surface area contributed by atoms with Gasteiger partial charge in [0.15, 0.2) is 0 Å². The van der Waals surface area contributed by atoms with E-state index in [0.29, 0.717) is 5.92 Å². The molecular weight excluding hydrogens is 208 g/mol. The summed E-state index contributed by atoms with van der Waals surface area (Å²) in [6, 6.07) is 10.8. The van der Waals surface area contributed by atoms with Crippen LogP contribution in [-0.4, -0.2) is 24.0 Å². The Morgan fingerprint density at radius 1 is 1.12 bits per heavy atom. The first kappa shape index (κ1) is 12.1. The summed E-state index contributed by atoms with van der Waals surface area (Å²) in [5, 5.41) is 1.23. The van der Waals surface area contributed by atoms with E-state index in [4.69, 9.17) is 0 Å². The van der Waals surface area contributed by atoms with Crippen LogP contribution in [0.25, 0.3) is 10.9 Å². The Morgan fingerprint density at radius 2 is 1.88 bits per heavy atom. The van der Waals surface area contributed by atoms with Crippen molar-refractivity contribution in [2.75, 3.05) is 14.1 Å². The van der Waals surface area contributed by atoms with E-state index in [9.17, 15) is 0 Å². The average Bonchev–Trinajstić information content (AvgIpc) is 2.27. The Labute approximate surface area is 103 Å². The lowest BCUT2D eigenvalue weighted by atomic mass is 10.1. The van der Waals surface area contributed by atoms with Gasteiger partial charge in [0.25, 0.3) is 0 Å². The molecule has 0 aliphatic heterocycles. The number of fused-ring (bicyclic) bond motifs is 1. The van der Waals surface area contributed by atoms with Gasteiger partial charge in [-0.05, 0) is 43.8 Å². The molecule has 0 radical (unpaired) electrons. The molecule has 1 aromatic heterocycles. The summed E-state index contributed by atoms with van der Waals surface area (Å²) in [6.45, 7) is 5.32. The summed E-state index contributed by atoms with van der Waals surface area (Å²) < 4.78 is 0. The summed E-state index contributed by atoms with van der Waals surface area (Å²) in [5.41, 5.74) is 3.60. The Hall–Kier alpha value is -1.41. The minimum atomic E-state index is 0.487. The van der Waals surface area contributed by atoms with Crippen LogP contribution in [0.3, 0.4) is 0 Å². The van der Waals surface area contributed by atoms with E-state index < -0.39 is 0 Å². The fraction of sp³-hybridized carbons (Fsp3) is 0.400. The van der Waals surface area contributed by atoms with Crippen LogP contribution < -0.4 is 0 Å². The van der Waals surface area contributed by atoms with Gasteiger partial charge >= 0.3 is 0 Å². The molecule has 0 saturated heterocycles. The molecule has 1 heterocycles. The summed E-state index contributed by atoms with van der Waals surface area (Å²) in [7, 11) is 4.18. The quantitative estimate of drug-likeness (QED) is 0.800. The Kier molecular flexibility index (Phi) is 3.43. The summed E-state index contributed by atoms with van der Waals surface area (Å²) >= 11 is 0. The highest BCUT2D eigenvalue weighted by Crippen LogP contribution is 2.19. The van der Waals surface area contributed by atoms with Crippen molar-refractivity contribution in [1.82, 2.24) is 9.88 Å². The molecule has 2 nitrogen and oxygen atoms in total. The smallest absolute Gasteiger partial charge is 0.0705 e. The molecule has 0 N–H and O–H groups in total. The van der Waals surface area contributed by atoms with Crippen molar-refractivity contribution in [2.24, 2.45) is 0 Å². The molecule has 90 valence electrons. The van der Waals surface area contributed by atoms with E-state index in [1.54, 1.807) is 0 Å². The van der Waals surface area contributed by atoms with Crippen LogP contribution in [0.2, 0.25) is 0 Å². The fourth-order valence-corrected chi connectivity index (χ4v) is 1.98. The molecule has 0 bridgehead atoms. The first-order valence-corrected chi connectivity index (χ1v) is 6.10. The lowest BCUT2D eigenvalue weighted by Gasteiger charge is -2.11. The molecule has 2 rings (SSSR count). The highest BCUT2D eigenvalue weighted by molar-refractivity contribution is 5.79. The van der Waals surface area contributed by atoms with Crippen molar-refractivity contribution >= 4 is 10.9 Å². The summed E-state index contributed by atoms with van der Waals surface area (Å²) in [4.78, 5) is 6.86. The van der Waals surface area contributed by atoms with Gasteiger partial charge in [0.2, 0.25) is 0 Å². The predicted octanol–water partition coefficient (Wildman–Crippen LogP) is 3.42. The van der Waals surface area contributed by atoms with Gasteiger partial charge in [-0.1, -0.05) is 26.0 Å². The van der Waals surface area contributed by atoms with Gasteiger partial charge in [0.1, 0.15) is 0 Å². The minimum Gasteiger partial charge on any atom is -0.305 e. The molecule has 0 unspecified atom stereocenters. The number of rotatable bonds is 3. The fourth-order valence-electron chi connectivity index (χ4n) is 1.98. The van der Waals surface area contributed by atoms with Crippen LogP contribution in [0, 0.1) is 0 Å². The zero-order valence-electron chi connectivity index (χ0n) is 11.1. The summed E-state index contributed by atoms with van der Waals surface area (Å²) in [5.74, 6) is 0.487. The Bertz CT molecular complexity index is 515. The minimum absolute atomic E-state index is 0.487. The lowest BCUT2D eigenvalue weighted by molar-refractivity contribution is 0.403. The largest absolute Gasteiger partial charge is 0.305 e. The van der Waals surface area contributed by atoms with Gasteiger partial charge in [-0.25, -0.2) is 0 Å². The molecular formula is C15H20N2. The number of aromatic nitrogens is 1. The number of hydrogen-bond acceptors (Lipinski definition) is 2. The van der Waals surface area contributed by atoms with Crippen molar-refractivity contribution in [2.45, 2.75) is 26.3 Å². The average molecular weight is 228 g/mol. The molecule has 0 amide bonds. The number of nitrogens with zero attached hydrogens (tertiary/aromatic N) is 2. The van der Waals surface area contributed by atoms with Gasteiger partial charge in [0.05, 0.1) is 5.52 Å². The molecule has 17 heavy (non-hydrogen) atoms. The molecule has 0 spiro atoms. The number of pyridine rings is 1. The second-order valence-corrected chi connectivity index (χ2v) is 5.16. The Morgan fingerprint density at radius 3 is 2.53 bits per heavy atom. The third kappa shape index (κ3) is 2.83. The maximum Gasteiger partial charge on any atom is 0.0705 e. The third-order valence-corrected chi connectivity index (χ3v) is 2.87.